The van der Waals surface area contributed by atoms with Crippen LogP contribution >= 0.6 is 0 Å². The van der Waals surface area contributed by atoms with Gasteiger partial charge in [-0.2, -0.15) is 0 Å². The van der Waals surface area contributed by atoms with Gasteiger partial charge in [-0.3, -0.25) is 4.98 Å². The first kappa shape index (κ1) is 14.0. The highest BCUT2D eigenvalue weighted by Gasteiger charge is 2.11. The zero-order valence-corrected chi connectivity index (χ0v) is 12.4. The van der Waals surface area contributed by atoms with Gasteiger partial charge in [0, 0.05) is 23.7 Å². The molecular weight excluding hydrogens is 232 g/mol. The largest absolute Gasteiger partial charge is 0.310 e. The molecule has 0 amide bonds. The zero-order chi connectivity index (χ0) is 13.8. The van der Waals surface area contributed by atoms with Crippen LogP contribution in [0.4, 0.5) is 0 Å². The van der Waals surface area contributed by atoms with E-state index in [9.17, 15) is 0 Å². The van der Waals surface area contributed by atoms with Crippen molar-refractivity contribution in [2.45, 2.75) is 46.7 Å². The number of rotatable bonds is 5. The lowest BCUT2D eigenvalue weighted by Crippen LogP contribution is -2.32. The van der Waals surface area contributed by atoms with Crippen LogP contribution < -0.4 is 5.32 Å². The van der Waals surface area contributed by atoms with E-state index in [1.807, 2.05) is 0 Å². The summed E-state index contributed by atoms with van der Waals surface area (Å²) in [7, 11) is 0. The molecule has 0 saturated heterocycles. The molecule has 0 bridgehead atoms. The molecule has 0 aliphatic carbocycles. The normalized spacial score (nSPS) is 13.1. The molecular formula is C17H24N2. The minimum Gasteiger partial charge on any atom is -0.310 e. The average molecular weight is 256 g/mol. The molecule has 1 heterocycles. The van der Waals surface area contributed by atoms with Crippen LogP contribution in [0.3, 0.4) is 0 Å². The molecule has 2 rings (SSSR count). The maximum Gasteiger partial charge on any atom is 0.0708 e. The van der Waals surface area contributed by atoms with Crippen molar-refractivity contribution < 1.29 is 0 Å². The Morgan fingerprint density at radius 1 is 1.21 bits per heavy atom. The summed E-state index contributed by atoms with van der Waals surface area (Å²) in [6.45, 7) is 9.78. The molecule has 0 radical (unpaired) electrons. The average Bonchev–Trinajstić information content (AvgIpc) is 2.38. The Bertz CT molecular complexity index is 546. The van der Waals surface area contributed by atoms with Gasteiger partial charge in [0.05, 0.1) is 5.52 Å². The first-order valence-corrected chi connectivity index (χ1v) is 7.20. The molecule has 0 aliphatic heterocycles. The van der Waals surface area contributed by atoms with Crippen molar-refractivity contribution >= 4 is 10.9 Å². The van der Waals surface area contributed by atoms with E-state index in [0.717, 1.165) is 17.8 Å². The van der Waals surface area contributed by atoms with Gasteiger partial charge < -0.3 is 5.32 Å². The molecule has 1 unspecified atom stereocenters. The topological polar surface area (TPSA) is 24.9 Å². The maximum absolute atomic E-state index is 4.59. The third kappa shape index (κ3) is 3.32. The maximum atomic E-state index is 4.59. The Morgan fingerprint density at radius 2 is 1.95 bits per heavy atom. The molecule has 1 aromatic carbocycles. The first-order chi connectivity index (χ1) is 9.11. The van der Waals surface area contributed by atoms with Crippen LogP contribution in [-0.4, -0.2) is 11.0 Å². The monoisotopic (exact) mass is 256 g/mol. The number of para-hydroxylation sites is 1. The van der Waals surface area contributed by atoms with E-state index in [4.69, 9.17) is 0 Å². The van der Waals surface area contributed by atoms with Crippen LogP contribution in [0.1, 0.15) is 38.4 Å². The fourth-order valence-electron chi connectivity index (χ4n) is 2.63. The Morgan fingerprint density at radius 3 is 2.63 bits per heavy atom. The number of hydrogen-bond donors (Lipinski definition) is 1. The summed E-state index contributed by atoms with van der Waals surface area (Å²) >= 11 is 0. The Kier molecular flexibility index (Phi) is 4.54. The number of fused-ring (bicyclic) bond motifs is 1. The lowest BCUT2D eigenvalue weighted by molar-refractivity contribution is 0.388. The summed E-state index contributed by atoms with van der Waals surface area (Å²) in [6.07, 6.45) is 1.17. The summed E-state index contributed by atoms with van der Waals surface area (Å²) in [5, 5.41) is 4.94. The second kappa shape index (κ2) is 6.16. The van der Waals surface area contributed by atoms with Crippen molar-refractivity contribution in [2.75, 3.05) is 0 Å². The molecule has 1 aromatic heterocycles. The molecule has 0 aliphatic rings. The summed E-state index contributed by atoms with van der Waals surface area (Å²) in [5.74, 6) is 0.666. The molecule has 19 heavy (non-hydrogen) atoms. The molecule has 2 nitrogen and oxygen atoms in total. The molecule has 0 fully saturated rings. The fraction of sp³-hybridized carbons (Fsp3) is 0.471. The zero-order valence-electron chi connectivity index (χ0n) is 12.4. The summed E-state index contributed by atoms with van der Waals surface area (Å²) < 4.78 is 0. The van der Waals surface area contributed by atoms with Gasteiger partial charge >= 0.3 is 0 Å². The molecule has 0 spiro atoms. The van der Waals surface area contributed by atoms with Crippen LogP contribution in [0.2, 0.25) is 0 Å². The van der Waals surface area contributed by atoms with Crippen molar-refractivity contribution in [3.63, 3.8) is 0 Å². The van der Waals surface area contributed by atoms with Crippen LogP contribution in [0, 0.1) is 12.8 Å². The minimum absolute atomic E-state index is 0.576. The third-order valence-electron chi connectivity index (χ3n) is 3.73. The highest BCUT2D eigenvalue weighted by molar-refractivity contribution is 5.82. The lowest BCUT2D eigenvalue weighted by atomic mass is 10.0. The van der Waals surface area contributed by atoms with Crippen LogP contribution in [0.5, 0.6) is 0 Å². The minimum atomic E-state index is 0.576. The van der Waals surface area contributed by atoms with E-state index < -0.39 is 0 Å². The predicted octanol–water partition coefficient (Wildman–Crippen LogP) is 4.07. The molecule has 2 aromatic rings. The number of nitrogens with one attached hydrogen (secondary N) is 1. The molecule has 0 saturated carbocycles. The second-order valence-electron chi connectivity index (χ2n) is 5.58. The Labute approximate surface area is 116 Å². The van der Waals surface area contributed by atoms with E-state index in [1.165, 1.54) is 17.4 Å². The van der Waals surface area contributed by atoms with Crippen molar-refractivity contribution in [1.82, 2.24) is 10.3 Å². The summed E-state index contributed by atoms with van der Waals surface area (Å²) in [5.41, 5.74) is 3.53. The number of hydrogen-bond acceptors (Lipinski definition) is 2. The summed E-state index contributed by atoms with van der Waals surface area (Å²) in [6, 6.07) is 11.2. The van der Waals surface area contributed by atoms with Crippen LogP contribution in [-0.2, 0) is 6.54 Å². The van der Waals surface area contributed by atoms with E-state index >= 15 is 0 Å². The fourth-order valence-corrected chi connectivity index (χ4v) is 2.63. The van der Waals surface area contributed by atoms with Gasteiger partial charge in [0.2, 0.25) is 0 Å². The van der Waals surface area contributed by atoms with Gasteiger partial charge in [0.1, 0.15) is 0 Å². The molecule has 1 atom stereocenters. The van der Waals surface area contributed by atoms with E-state index in [2.05, 4.69) is 68.3 Å². The number of nitrogens with zero attached hydrogens (tertiary/aromatic N) is 1. The first-order valence-electron chi connectivity index (χ1n) is 7.20. The SMILES string of the molecule is CCC(NCc1cc(C)nc2ccccc12)C(C)C. The smallest absolute Gasteiger partial charge is 0.0708 e. The van der Waals surface area contributed by atoms with Gasteiger partial charge in [-0.15, -0.1) is 0 Å². The molecule has 1 N–H and O–H groups in total. The molecule has 102 valence electrons. The van der Waals surface area contributed by atoms with Gasteiger partial charge in [0.15, 0.2) is 0 Å². The predicted molar refractivity (Wildman–Crippen MR) is 82.2 cm³/mol. The molecule has 2 heteroatoms. The van der Waals surface area contributed by atoms with Crippen molar-refractivity contribution in [2.24, 2.45) is 5.92 Å². The Hall–Kier alpha value is -1.41. The lowest BCUT2D eigenvalue weighted by Gasteiger charge is -2.21. The third-order valence-corrected chi connectivity index (χ3v) is 3.73. The van der Waals surface area contributed by atoms with Gasteiger partial charge in [0.25, 0.3) is 0 Å². The van der Waals surface area contributed by atoms with E-state index in [-0.39, 0.29) is 0 Å². The van der Waals surface area contributed by atoms with E-state index in [1.54, 1.807) is 0 Å². The van der Waals surface area contributed by atoms with Gasteiger partial charge in [-0.05, 0) is 37.0 Å². The van der Waals surface area contributed by atoms with Crippen molar-refractivity contribution in [1.29, 1.82) is 0 Å². The number of pyridine rings is 1. The van der Waals surface area contributed by atoms with Crippen LogP contribution in [0.25, 0.3) is 10.9 Å². The number of aryl methyl sites for hydroxylation is 1. The second-order valence-corrected chi connectivity index (χ2v) is 5.58. The summed E-state index contributed by atoms with van der Waals surface area (Å²) in [4.78, 5) is 4.59. The Balaban J connectivity index is 2.25. The number of benzene rings is 1. The van der Waals surface area contributed by atoms with Crippen LogP contribution in [0.15, 0.2) is 30.3 Å². The quantitative estimate of drug-likeness (QED) is 0.872. The van der Waals surface area contributed by atoms with Crippen molar-refractivity contribution in [3.05, 3.63) is 41.6 Å². The van der Waals surface area contributed by atoms with Gasteiger partial charge in [-0.1, -0.05) is 39.0 Å². The number of aromatic nitrogens is 1. The van der Waals surface area contributed by atoms with Crippen molar-refractivity contribution in [3.8, 4) is 0 Å². The highest BCUT2D eigenvalue weighted by atomic mass is 14.9. The van der Waals surface area contributed by atoms with Gasteiger partial charge in [-0.25, -0.2) is 0 Å². The van der Waals surface area contributed by atoms with E-state index in [0.29, 0.717) is 12.0 Å². The standard InChI is InChI=1S/C17H24N2/c1-5-16(12(2)3)18-11-14-10-13(4)19-17-9-7-6-8-15(14)17/h6-10,12,16,18H,5,11H2,1-4H3. The highest BCUT2D eigenvalue weighted by Crippen LogP contribution is 2.18.